The zero-order valence-electron chi connectivity index (χ0n) is 17.6. The number of carbonyl (C=O) groups excluding carboxylic acids is 1. The van der Waals surface area contributed by atoms with Gasteiger partial charge >= 0.3 is 0 Å². The van der Waals surface area contributed by atoms with E-state index in [4.69, 9.17) is 4.74 Å². The summed E-state index contributed by atoms with van der Waals surface area (Å²) in [6, 6.07) is 16.9. The number of carbonyl (C=O) groups is 1. The average Bonchev–Trinajstić information content (AvgIpc) is 3.34. The van der Waals surface area contributed by atoms with Crippen LogP contribution in [0.1, 0.15) is 35.7 Å². The number of anilines is 2. The van der Waals surface area contributed by atoms with Crippen molar-refractivity contribution in [1.82, 2.24) is 14.7 Å². The number of benzene rings is 2. The quantitative estimate of drug-likeness (QED) is 0.634. The molecule has 160 valence electrons. The standard InChI is InChI=1S/C24H26N4O3/c1-2-31-21-16-25-28(17-18-8-4-3-5-9-18)24(30)22(21)26-20-12-10-19(11-13-20)23(29)27-14-6-7-15-27/h3-5,8-13,16,26H,2,6-7,14-15,17H2,1H3. The van der Waals surface area contributed by atoms with Gasteiger partial charge in [0.1, 0.15) is 0 Å². The van der Waals surface area contributed by atoms with E-state index in [0.717, 1.165) is 31.5 Å². The van der Waals surface area contributed by atoms with E-state index < -0.39 is 0 Å². The first kappa shape index (κ1) is 20.7. The summed E-state index contributed by atoms with van der Waals surface area (Å²) in [4.78, 5) is 27.5. The van der Waals surface area contributed by atoms with Crippen molar-refractivity contribution in [3.63, 3.8) is 0 Å². The lowest BCUT2D eigenvalue weighted by molar-refractivity contribution is 0.0793. The third kappa shape index (κ3) is 4.77. The Balaban J connectivity index is 1.58. The maximum absolute atomic E-state index is 13.1. The van der Waals surface area contributed by atoms with Gasteiger partial charge < -0.3 is 15.0 Å². The molecule has 0 saturated carbocycles. The first-order chi connectivity index (χ1) is 15.2. The Bertz CT molecular complexity index is 1090. The fourth-order valence-electron chi connectivity index (χ4n) is 3.67. The lowest BCUT2D eigenvalue weighted by atomic mass is 10.2. The van der Waals surface area contributed by atoms with Crippen molar-refractivity contribution in [3.8, 4) is 5.75 Å². The predicted octanol–water partition coefficient (Wildman–Crippen LogP) is 3.67. The van der Waals surface area contributed by atoms with Crippen LogP contribution < -0.4 is 15.6 Å². The first-order valence-electron chi connectivity index (χ1n) is 10.6. The Morgan fingerprint density at radius 2 is 1.77 bits per heavy atom. The summed E-state index contributed by atoms with van der Waals surface area (Å²) in [7, 11) is 0. The van der Waals surface area contributed by atoms with Crippen LogP contribution in [0.4, 0.5) is 11.4 Å². The summed E-state index contributed by atoms with van der Waals surface area (Å²) in [5.41, 5.74) is 2.39. The van der Waals surface area contributed by atoms with Gasteiger partial charge in [0.2, 0.25) is 0 Å². The fourth-order valence-corrected chi connectivity index (χ4v) is 3.67. The minimum Gasteiger partial charge on any atom is -0.490 e. The number of hydrogen-bond acceptors (Lipinski definition) is 5. The van der Waals surface area contributed by atoms with Crippen molar-refractivity contribution < 1.29 is 9.53 Å². The number of nitrogens with zero attached hydrogens (tertiary/aromatic N) is 3. The predicted molar refractivity (Wildman–Crippen MR) is 120 cm³/mol. The number of ether oxygens (including phenoxy) is 1. The van der Waals surface area contributed by atoms with E-state index in [0.29, 0.717) is 35.8 Å². The van der Waals surface area contributed by atoms with Gasteiger partial charge in [0.25, 0.3) is 11.5 Å². The molecule has 1 aliphatic heterocycles. The van der Waals surface area contributed by atoms with E-state index in [1.54, 1.807) is 30.5 Å². The highest BCUT2D eigenvalue weighted by Gasteiger charge is 2.19. The molecule has 7 heteroatoms. The molecule has 0 atom stereocenters. The van der Waals surface area contributed by atoms with Gasteiger partial charge in [-0.25, -0.2) is 4.68 Å². The monoisotopic (exact) mass is 418 g/mol. The molecule has 7 nitrogen and oxygen atoms in total. The van der Waals surface area contributed by atoms with E-state index in [-0.39, 0.29) is 11.5 Å². The SMILES string of the molecule is CCOc1cnn(Cc2ccccc2)c(=O)c1Nc1ccc(C(=O)N2CCCC2)cc1. The number of likely N-dealkylation sites (tertiary alicyclic amines) is 1. The Labute approximate surface area is 181 Å². The molecule has 3 aromatic rings. The maximum Gasteiger partial charge on any atom is 0.294 e. The summed E-state index contributed by atoms with van der Waals surface area (Å²) >= 11 is 0. The molecule has 1 aliphatic rings. The lowest BCUT2D eigenvalue weighted by Gasteiger charge is -2.16. The molecule has 31 heavy (non-hydrogen) atoms. The van der Waals surface area contributed by atoms with Crippen molar-refractivity contribution in [2.75, 3.05) is 25.0 Å². The topological polar surface area (TPSA) is 76.5 Å². The van der Waals surface area contributed by atoms with Crippen molar-refractivity contribution in [2.45, 2.75) is 26.3 Å². The van der Waals surface area contributed by atoms with Crippen molar-refractivity contribution in [3.05, 3.63) is 82.3 Å². The highest BCUT2D eigenvalue weighted by molar-refractivity contribution is 5.94. The summed E-state index contributed by atoms with van der Waals surface area (Å²) in [5.74, 6) is 0.446. The molecule has 1 amide bonds. The third-order valence-corrected chi connectivity index (χ3v) is 5.28. The zero-order valence-corrected chi connectivity index (χ0v) is 17.6. The molecule has 4 rings (SSSR count). The number of nitrogens with one attached hydrogen (secondary N) is 1. The van der Waals surface area contributed by atoms with Crippen LogP contribution in [-0.4, -0.2) is 40.3 Å². The second-order valence-electron chi connectivity index (χ2n) is 7.47. The molecule has 0 spiro atoms. The third-order valence-electron chi connectivity index (χ3n) is 5.28. The summed E-state index contributed by atoms with van der Waals surface area (Å²) in [6.07, 6.45) is 3.67. The van der Waals surface area contributed by atoms with Gasteiger partial charge in [-0.3, -0.25) is 9.59 Å². The Morgan fingerprint density at radius 3 is 2.45 bits per heavy atom. The second kappa shape index (κ2) is 9.47. The minimum atomic E-state index is -0.271. The number of rotatable bonds is 7. The number of hydrogen-bond donors (Lipinski definition) is 1. The van der Waals surface area contributed by atoms with Gasteiger partial charge in [-0.15, -0.1) is 0 Å². The number of amides is 1. The van der Waals surface area contributed by atoms with Crippen LogP contribution in [0.5, 0.6) is 5.75 Å². The van der Waals surface area contributed by atoms with Crippen LogP contribution in [0.3, 0.4) is 0 Å². The summed E-state index contributed by atoms with van der Waals surface area (Å²) in [5, 5.41) is 7.43. The Kier molecular flexibility index (Phi) is 6.31. The minimum absolute atomic E-state index is 0.0492. The first-order valence-corrected chi connectivity index (χ1v) is 10.6. The van der Waals surface area contributed by atoms with Gasteiger partial charge in [0.15, 0.2) is 11.4 Å². The zero-order chi connectivity index (χ0) is 21.6. The average molecular weight is 418 g/mol. The molecule has 1 aromatic heterocycles. The van der Waals surface area contributed by atoms with Crippen molar-refractivity contribution in [1.29, 1.82) is 0 Å². The van der Waals surface area contributed by atoms with Crippen LogP contribution in [0.15, 0.2) is 65.6 Å². The smallest absolute Gasteiger partial charge is 0.294 e. The van der Waals surface area contributed by atoms with E-state index >= 15 is 0 Å². The highest BCUT2D eigenvalue weighted by Crippen LogP contribution is 2.24. The van der Waals surface area contributed by atoms with Gasteiger partial charge in [0.05, 0.1) is 19.3 Å². The van der Waals surface area contributed by atoms with Crippen LogP contribution in [0.2, 0.25) is 0 Å². The molecule has 2 aromatic carbocycles. The second-order valence-corrected chi connectivity index (χ2v) is 7.47. The lowest BCUT2D eigenvalue weighted by Crippen LogP contribution is -2.27. The molecular formula is C24H26N4O3. The van der Waals surface area contributed by atoms with E-state index in [1.807, 2.05) is 42.2 Å². The Morgan fingerprint density at radius 1 is 1.06 bits per heavy atom. The molecule has 0 unspecified atom stereocenters. The normalized spacial score (nSPS) is 13.3. The molecular weight excluding hydrogens is 392 g/mol. The molecule has 0 radical (unpaired) electrons. The molecule has 1 N–H and O–H groups in total. The van der Waals surface area contributed by atoms with Crippen LogP contribution >= 0.6 is 0 Å². The Hall–Kier alpha value is -3.61. The van der Waals surface area contributed by atoms with Crippen LogP contribution in [0, 0.1) is 0 Å². The summed E-state index contributed by atoms with van der Waals surface area (Å²) < 4.78 is 7.03. The summed E-state index contributed by atoms with van der Waals surface area (Å²) in [6.45, 7) is 4.27. The van der Waals surface area contributed by atoms with Gasteiger partial charge in [-0.05, 0) is 49.6 Å². The van der Waals surface area contributed by atoms with Crippen molar-refractivity contribution in [2.24, 2.45) is 0 Å². The molecule has 1 fully saturated rings. The van der Waals surface area contributed by atoms with Crippen molar-refractivity contribution >= 4 is 17.3 Å². The van der Waals surface area contributed by atoms with E-state index in [2.05, 4.69) is 10.4 Å². The van der Waals surface area contributed by atoms with Gasteiger partial charge in [0, 0.05) is 24.3 Å². The van der Waals surface area contributed by atoms with E-state index in [1.165, 1.54) is 4.68 Å². The van der Waals surface area contributed by atoms with Crippen LogP contribution in [0.25, 0.3) is 0 Å². The molecule has 0 aliphatic carbocycles. The van der Waals surface area contributed by atoms with Crippen LogP contribution in [-0.2, 0) is 6.54 Å². The highest BCUT2D eigenvalue weighted by atomic mass is 16.5. The molecule has 0 bridgehead atoms. The molecule has 1 saturated heterocycles. The molecule has 2 heterocycles. The maximum atomic E-state index is 13.1. The van der Waals surface area contributed by atoms with Gasteiger partial charge in [-0.1, -0.05) is 30.3 Å². The number of aromatic nitrogens is 2. The van der Waals surface area contributed by atoms with Gasteiger partial charge in [-0.2, -0.15) is 5.10 Å². The van der Waals surface area contributed by atoms with E-state index in [9.17, 15) is 9.59 Å². The fraction of sp³-hybridized carbons (Fsp3) is 0.292. The largest absolute Gasteiger partial charge is 0.490 e.